The number of aryl methyl sites for hydroxylation is 1. The Labute approximate surface area is 187 Å². The molecule has 0 bridgehead atoms. The van der Waals surface area contributed by atoms with E-state index in [0.717, 1.165) is 10.0 Å². The third kappa shape index (κ3) is 8.04. The van der Waals surface area contributed by atoms with Crippen LogP contribution in [-0.4, -0.2) is 24.4 Å². The lowest BCUT2D eigenvalue weighted by Crippen LogP contribution is -2.21. The molecule has 154 valence electrons. The molecule has 0 aromatic heterocycles. The van der Waals surface area contributed by atoms with Gasteiger partial charge in [-0.3, -0.25) is 14.4 Å². The summed E-state index contributed by atoms with van der Waals surface area (Å²) in [7, 11) is 0. The Morgan fingerprint density at radius 1 is 1.00 bits per heavy atom. The van der Waals surface area contributed by atoms with Crippen molar-refractivity contribution in [2.45, 2.75) is 26.2 Å². The average molecular weight is 502 g/mol. The molecule has 2 amide bonds. The van der Waals surface area contributed by atoms with Gasteiger partial charge in [0, 0.05) is 33.7 Å². The van der Waals surface area contributed by atoms with Gasteiger partial charge in [-0.15, -0.1) is 0 Å². The first-order chi connectivity index (χ1) is 13.7. The van der Waals surface area contributed by atoms with Crippen LogP contribution in [0.3, 0.4) is 0 Å². The van der Waals surface area contributed by atoms with Gasteiger partial charge in [0.15, 0.2) is 6.61 Å². The molecule has 2 rings (SSSR count). The number of carbonyl (C=O) groups is 3. The van der Waals surface area contributed by atoms with Gasteiger partial charge < -0.3 is 15.4 Å². The first-order valence-electron chi connectivity index (χ1n) is 8.71. The van der Waals surface area contributed by atoms with E-state index < -0.39 is 18.5 Å². The summed E-state index contributed by atoms with van der Waals surface area (Å²) in [4.78, 5) is 35.6. The van der Waals surface area contributed by atoms with Gasteiger partial charge in [0.1, 0.15) is 0 Å². The maximum absolute atomic E-state index is 12.0. The highest BCUT2D eigenvalue weighted by atomic mass is 79.9. The largest absolute Gasteiger partial charge is 0.456 e. The lowest BCUT2D eigenvalue weighted by molar-refractivity contribution is -0.147. The molecule has 0 heterocycles. The van der Waals surface area contributed by atoms with Crippen molar-refractivity contribution in [1.29, 1.82) is 0 Å². The summed E-state index contributed by atoms with van der Waals surface area (Å²) in [5.74, 6) is -1.24. The molecule has 29 heavy (non-hydrogen) atoms. The van der Waals surface area contributed by atoms with Gasteiger partial charge in [-0.25, -0.2) is 0 Å². The topological polar surface area (TPSA) is 84.5 Å². The highest BCUT2D eigenvalue weighted by Crippen LogP contribution is 2.28. The molecule has 0 spiro atoms. The molecular formula is C20H19BrCl2N2O4. The Bertz CT molecular complexity index is 904. The molecule has 0 saturated heterocycles. The summed E-state index contributed by atoms with van der Waals surface area (Å²) >= 11 is 15.1. The summed E-state index contributed by atoms with van der Waals surface area (Å²) in [6.07, 6.45) is 0.492. The maximum Gasteiger partial charge on any atom is 0.306 e. The quantitative estimate of drug-likeness (QED) is 0.477. The smallest absolute Gasteiger partial charge is 0.306 e. The third-order valence-corrected chi connectivity index (χ3v) is 5.27. The van der Waals surface area contributed by atoms with Gasteiger partial charge in [0.2, 0.25) is 5.91 Å². The Kier molecular flexibility index (Phi) is 8.95. The molecule has 0 unspecified atom stereocenters. The van der Waals surface area contributed by atoms with Crippen molar-refractivity contribution in [1.82, 2.24) is 0 Å². The van der Waals surface area contributed by atoms with Gasteiger partial charge in [0.05, 0.1) is 5.02 Å². The van der Waals surface area contributed by atoms with E-state index in [4.69, 9.17) is 27.9 Å². The molecule has 0 aliphatic heterocycles. The zero-order valence-electron chi connectivity index (χ0n) is 15.6. The van der Waals surface area contributed by atoms with E-state index in [1.165, 1.54) is 0 Å². The molecular weight excluding hydrogens is 483 g/mol. The lowest BCUT2D eigenvalue weighted by atomic mass is 10.2. The number of rotatable bonds is 8. The predicted molar refractivity (Wildman–Crippen MR) is 117 cm³/mol. The standard InChI is InChI=1S/C20H19BrCl2N2O4/c1-12-9-15(21)16(23)10-17(12)25-19(27)11-29-20(28)4-2-3-18(26)24-14-7-5-13(22)6-8-14/h5-10H,2-4,11H2,1H3,(H,24,26)(H,25,27). The van der Waals surface area contributed by atoms with Crippen molar-refractivity contribution in [2.75, 3.05) is 17.2 Å². The molecule has 0 aliphatic carbocycles. The predicted octanol–water partition coefficient (Wildman–Crippen LogP) is 5.36. The Morgan fingerprint density at radius 2 is 1.69 bits per heavy atom. The summed E-state index contributed by atoms with van der Waals surface area (Å²) in [5, 5.41) is 6.39. The number of esters is 1. The summed E-state index contributed by atoms with van der Waals surface area (Å²) < 4.78 is 5.67. The fraction of sp³-hybridized carbons (Fsp3) is 0.250. The van der Waals surface area contributed by atoms with Crippen molar-refractivity contribution in [3.05, 3.63) is 56.5 Å². The van der Waals surface area contributed by atoms with Crippen LogP contribution >= 0.6 is 39.1 Å². The normalized spacial score (nSPS) is 10.3. The molecule has 0 aliphatic rings. The monoisotopic (exact) mass is 500 g/mol. The maximum atomic E-state index is 12.0. The van der Waals surface area contributed by atoms with E-state index in [1.54, 1.807) is 36.4 Å². The van der Waals surface area contributed by atoms with Crippen molar-refractivity contribution in [3.63, 3.8) is 0 Å². The number of carbonyl (C=O) groups excluding carboxylic acids is 3. The number of anilines is 2. The van der Waals surface area contributed by atoms with Crippen LogP contribution in [0.4, 0.5) is 11.4 Å². The molecule has 0 atom stereocenters. The zero-order valence-corrected chi connectivity index (χ0v) is 18.7. The highest BCUT2D eigenvalue weighted by Gasteiger charge is 2.11. The molecule has 9 heteroatoms. The minimum absolute atomic E-state index is 0.0322. The van der Waals surface area contributed by atoms with Gasteiger partial charge in [-0.05, 0) is 71.2 Å². The van der Waals surface area contributed by atoms with Gasteiger partial charge >= 0.3 is 5.97 Å². The second-order valence-corrected chi connectivity index (χ2v) is 7.90. The van der Waals surface area contributed by atoms with E-state index in [-0.39, 0.29) is 18.7 Å². The Hall–Kier alpha value is -2.09. The summed E-state index contributed by atoms with van der Waals surface area (Å²) in [6, 6.07) is 10.1. The van der Waals surface area contributed by atoms with Crippen LogP contribution in [0.1, 0.15) is 24.8 Å². The van der Waals surface area contributed by atoms with E-state index in [9.17, 15) is 14.4 Å². The Morgan fingerprint density at radius 3 is 2.38 bits per heavy atom. The number of hydrogen-bond acceptors (Lipinski definition) is 4. The fourth-order valence-electron chi connectivity index (χ4n) is 2.34. The number of amides is 2. The van der Waals surface area contributed by atoms with Gasteiger partial charge in [-0.1, -0.05) is 23.2 Å². The molecule has 6 nitrogen and oxygen atoms in total. The lowest BCUT2D eigenvalue weighted by Gasteiger charge is -2.10. The van der Waals surface area contributed by atoms with Crippen LogP contribution in [-0.2, 0) is 19.1 Å². The molecule has 0 saturated carbocycles. The number of halogens is 3. The van der Waals surface area contributed by atoms with Crippen LogP contribution in [0.25, 0.3) is 0 Å². The van der Waals surface area contributed by atoms with Gasteiger partial charge in [0.25, 0.3) is 5.91 Å². The number of benzene rings is 2. The zero-order chi connectivity index (χ0) is 21.4. The van der Waals surface area contributed by atoms with Crippen molar-refractivity contribution in [2.24, 2.45) is 0 Å². The first kappa shape index (κ1) is 23.2. The summed E-state index contributed by atoms with van der Waals surface area (Å²) in [6.45, 7) is 1.40. The fourth-order valence-corrected chi connectivity index (χ4v) is 3.08. The number of nitrogens with one attached hydrogen (secondary N) is 2. The van der Waals surface area contributed by atoms with Crippen LogP contribution in [0.5, 0.6) is 0 Å². The molecule has 2 aromatic rings. The van der Waals surface area contributed by atoms with Crippen molar-refractivity contribution < 1.29 is 19.1 Å². The van der Waals surface area contributed by atoms with E-state index in [1.807, 2.05) is 6.92 Å². The van der Waals surface area contributed by atoms with E-state index >= 15 is 0 Å². The third-order valence-electron chi connectivity index (χ3n) is 3.82. The second-order valence-electron chi connectivity index (χ2n) is 6.20. The van der Waals surface area contributed by atoms with E-state index in [0.29, 0.717) is 27.8 Å². The Balaban J connectivity index is 1.67. The SMILES string of the molecule is Cc1cc(Br)c(Cl)cc1NC(=O)COC(=O)CCCC(=O)Nc1ccc(Cl)cc1. The number of hydrogen-bond donors (Lipinski definition) is 2. The van der Waals surface area contributed by atoms with Crippen molar-refractivity contribution in [3.8, 4) is 0 Å². The number of ether oxygens (including phenoxy) is 1. The van der Waals surface area contributed by atoms with Crippen LogP contribution in [0.15, 0.2) is 40.9 Å². The van der Waals surface area contributed by atoms with Crippen LogP contribution in [0.2, 0.25) is 10.0 Å². The van der Waals surface area contributed by atoms with E-state index in [2.05, 4.69) is 26.6 Å². The second kappa shape index (κ2) is 11.2. The summed E-state index contributed by atoms with van der Waals surface area (Å²) in [5.41, 5.74) is 1.98. The van der Waals surface area contributed by atoms with Crippen molar-refractivity contribution >= 4 is 68.3 Å². The molecule has 0 radical (unpaired) electrons. The minimum atomic E-state index is -0.551. The average Bonchev–Trinajstić information content (AvgIpc) is 2.66. The molecule has 0 fully saturated rings. The van der Waals surface area contributed by atoms with Crippen LogP contribution in [0, 0.1) is 6.92 Å². The molecule has 2 aromatic carbocycles. The first-order valence-corrected chi connectivity index (χ1v) is 10.3. The minimum Gasteiger partial charge on any atom is -0.456 e. The van der Waals surface area contributed by atoms with Crippen LogP contribution < -0.4 is 10.6 Å². The highest BCUT2D eigenvalue weighted by molar-refractivity contribution is 9.10. The molecule has 2 N–H and O–H groups in total. The van der Waals surface area contributed by atoms with Gasteiger partial charge in [-0.2, -0.15) is 0 Å².